The van der Waals surface area contributed by atoms with E-state index in [-0.39, 0.29) is 12.1 Å². The van der Waals surface area contributed by atoms with Gasteiger partial charge in [-0.2, -0.15) is 0 Å². The normalized spacial score (nSPS) is 23.0. The summed E-state index contributed by atoms with van der Waals surface area (Å²) in [5.41, 5.74) is 8.90. The van der Waals surface area contributed by atoms with Crippen molar-refractivity contribution in [3.8, 4) is 5.69 Å². The SMILES string of the molecule is Cc1cccc(C)c1-n1c(C)cc([C@@H]2[C@@H](c3ccccn3)N=C3S[C@@H](C)CN32)c1C. The number of thioether (sulfide) groups is 1. The lowest BCUT2D eigenvalue weighted by Crippen LogP contribution is -2.29. The van der Waals surface area contributed by atoms with Gasteiger partial charge in [0.15, 0.2) is 5.17 Å². The van der Waals surface area contributed by atoms with Gasteiger partial charge < -0.3 is 9.47 Å². The highest BCUT2D eigenvalue weighted by Gasteiger charge is 2.44. The number of aryl methyl sites for hydroxylation is 3. The van der Waals surface area contributed by atoms with Crippen molar-refractivity contribution in [2.45, 2.75) is 52.0 Å². The van der Waals surface area contributed by atoms with E-state index in [1.807, 2.05) is 24.0 Å². The molecule has 0 amide bonds. The van der Waals surface area contributed by atoms with E-state index in [0.29, 0.717) is 5.25 Å². The number of nitrogens with zero attached hydrogens (tertiary/aromatic N) is 4. The van der Waals surface area contributed by atoms with Crippen LogP contribution in [0.15, 0.2) is 53.7 Å². The molecular weight excluding hydrogens is 388 g/mol. The Morgan fingerprint density at radius 3 is 2.47 bits per heavy atom. The minimum Gasteiger partial charge on any atom is -0.341 e. The van der Waals surface area contributed by atoms with Gasteiger partial charge in [-0.1, -0.05) is 43.0 Å². The van der Waals surface area contributed by atoms with Gasteiger partial charge in [0.05, 0.1) is 17.4 Å². The number of para-hydroxylation sites is 1. The van der Waals surface area contributed by atoms with Crippen LogP contribution in [0.3, 0.4) is 0 Å². The monoisotopic (exact) mass is 416 g/mol. The van der Waals surface area contributed by atoms with Crippen LogP contribution in [-0.2, 0) is 0 Å². The average molecular weight is 417 g/mol. The fourth-order valence-corrected chi connectivity index (χ4v) is 6.14. The zero-order valence-electron chi connectivity index (χ0n) is 18.3. The number of rotatable bonds is 3. The first-order chi connectivity index (χ1) is 14.5. The topological polar surface area (TPSA) is 33.4 Å². The molecule has 1 aromatic carbocycles. The summed E-state index contributed by atoms with van der Waals surface area (Å²) < 4.78 is 2.43. The van der Waals surface area contributed by atoms with Crippen LogP contribution in [0.25, 0.3) is 5.69 Å². The number of amidine groups is 1. The molecule has 5 heteroatoms. The van der Waals surface area contributed by atoms with Crippen LogP contribution in [0, 0.1) is 27.7 Å². The third kappa shape index (κ3) is 2.99. The molecule has 0 unspecified atom stereocenters. The smallest absolute Gasteiger partial charge is 0.160 e. The minimum absolute atomic E-state index is 0.0353. The van der Waals surface area contributed by atoms with Crippen molar-refractivity contribution >= 4 is 16.9 Å². The molecule has 1 fully saturated rings. The van der Waals surface area contributed by atoms with E-state index >= 15 is 0 Å². The Balaban J connectivity index is 1.66. The van der Waals surface area contributed by atoms with Crippen molar-refractivity contribution in [3.05, 3.63) is 82.4 Å². The van der Waals surface area contributed by atoms with Crippen LogP contribution < -0.4 is 0 Å². The van der Waals surface area contributed by atoms with Gasteiger partial charge in [0.1, 0.15) is 6.04 Å². The van der Waals surface area contributed by atoms with Crippen molar-refractivity contribution in [2.75, 3.05) is 6.54 Å². The van der Waals surface area contributed by atoms with E-state index in [1.165, 1.54) is 38.9 Å². The molecule has 0 saturated carbocycles. The van der Waals surface area contributed by atoms with Crippen molar-refractivity contribution < 1.29 is 0 Å². The Morgan fingerprint density at radius 2 is 1.77 bits per heavy atom. The lowest BCUT2D eigenvalue weighted by molar-refractivity contribution is 0.320. The number of benzene rings is 1. The molecule has 3 aromatic rings. The third-order valence-electron chi connectivity index (χ3n) is 6.33. The van der Waals surface area contributed by atoms with Crippen LogP contribution >= 0.6 is 11.8 Å². The summed E-state index contributed by atoms with van der Waals surface area (Å²) >= 11 is 1.89. The Hall–Kier alpha value is -2.53. The van der Waals surface area contributed by atoms with Crippen molar-refractivity contribution in [1.29, 1.82) is 0 Å². The molecule has 0 spiro atoms. The standard InChI is InChI=1S/C25H28N4S/c1-15-9-8-10-16(2)23(15)29-17(3)13-20(19(29)5)24-22(21-11-6-7-12-26-21)27-25-28(24)14-18(4)30-25/h6-13,18,22,24H,14H2,1-5H3/t18-,22+,24+/m0/s1. The van der Waals surface area contributed by atoms with E-state index in [4.69, 9.17) is 4.99 Å². The van der Waals surface area contributed by atoms with Crippen LogP contribution in [0.4, 0.5) is 0 Å². The van der Waals surface area contributed by atoms with Gasteiger partial charge in [-0.25, -0.2) is 0 Å². The van der Waals surface area contributed by atoms with E-state index in [1.54, 1.807) is 0 Å². The molecule has 30 heavy (non-hydrogen) atoms. The molecule has 0 N–H and O–H groups in total. The van der Waals surface area contributed by atoms with Crippen LogP contribution in [0.5, 0.6) is 0 Å². The Bertz CT molecular complexity index is 1110. The Labute approximate surface area is 183 Å². The molecule has 0 radical (unpaired) electrons. The largest absolute Gasteiger partial charge is 0.341 e. The minimum atomic E-state index is 0.0353. The highest BCUT2D eigenvalue weighted by atomic mass is 32.2. The summed E-state index contributed by atoms with van der Waals surface area (Å²) in [7, 11) is 0. The lowest BCUT2D eigenvalue weighted by atomic mass is 9.96. The fraction of sp³-hybridized carbons (Fsp3) is 0.360. The van der Waals surface area contributed by atoms with E-state index in [0.717, 1.165) is 12.2 Å². The average Bonchev–Trinajstić information content (AvgIpc) is 3.33. The maximum Gasteiger partial charge on any atom is 0.160 e. The van der Waals surface area contributed by atoms with Gasteiger partial charge in [0, 0.05) is 29.4 Å². The number of hydrogen-bond acceptors (Lipinski definition) is 4. The molecule has 154 valence electrons. The second-order valence-corrected chi connectivity index (χ2v) is 9.94. The summed E-state index contributed by atoms with van der Waals surface area (Å²) in [5, 5.41) is 1.73. The van der Waals surface area contributed by atoms with Crippen molar-refractivity contribution in [1.82, 2.24) is 14.5 Å². The predicted octanol–water partition coefficient (Wildman–Crippen LogP) is 5.70. The number of aromatic nitrogens is 2. The second kappa shape index (κ2) is 7.31. The zero-order chi connectivity index (χ0) is 21.0. The van der Waals surface area contributed by atoms with Gasteiger partial charge >= 0.3 is 0 Å². The summed E-state index contributed by atoms with van der Waals surface area (Å²) in [5.74, 6) is 0. The van der Waals surface area contributed by atoms with Crippen LogP contribution in [-0.4, -0.2) is 31.4 Å². The van der Waals surface area contributed by atoms with Crippen molar-refractivity contribution in [2.24, 2.45) is 4.99 Å². The molecule has 2 aliphatic heterocycles. The van der Waals surface area contributed by atoms with Gasteiger partial charge in [-0.3, -0.25) is 9.98 Å². The first-order valence-corrected chi connectivity index (χ1v) is 11.5. The van der Waals surface area contributed by atoms with Gasteiger partial charge in [0.25, 0.3) is 0 Å². The summed E-state index contributed by atoms with van der Waals surface area (Å²) in [6.07, 6.45) is 1.88. The number of pyridine rings is 1. The molecule has 2 aromatic heterocycles. The molecule has 5 rings (SSSR count). The highest BCUT2D eigenvalue weighted by Crippen LogP contribution is 2.49. The van der Waals surface area contributed by atoms with E-state index in [9.17, 15) is 0 Å². The molecule has 2 aliphatic rings. The van der Waals surface area contributed by atoms with Gasteiger partial charge in [0.2, 0.25) is 0 Å². The summed E-state index contributed by atoms with van der Waals surface area (Å²) in [6, 6.07) is 15.3. The van der Waals surface area contributed by atoms with E-state index in [2.05, 4.69) is 85.5 Å². The molecule has 4 nitrogen and oxygen atoms in total. The van der Waals surface area contributed by atoms with E-state index < -0.39 is 0 Å². The zero-order valence-corrected chi connectivity index (χ0v) is 19.1. The maximum absolute atomic E-state index is 5.15. The molecular formula is C25H28N4S. The fourth-order valence-electron chi connectivity index (χ4n) is 5.04. The van der Waals surface area contributed by atoms with Crippen molar-refractivity contribution in [3.63, 3.8) is 0 Å². The van der Waals surface area contributed by atoms with Crippen LogP contribution in [0.1, 0.15) is 52.8 Å². The lowest BCUT2D eigenvalue weighted by Gasteiger charge is -2.27. The highest BCUT2D eigenvalue weighted by molar-refractivity contribution is 8.14. The Kier molecular flexibility index (Phi) is 4.73. The predicted molar refractivity (Wildman–Crippen MR) is 126 cm³/mol. The second-order valence-electron chi connectivity index (χ2n) is 8.54. The van der Waals surface area contributed by atoms with Gasteiger partial charge in [-0.05, 0) is 62.6 Å². The van der Waals surface area contributed by atoms with Gasteiger partial charge in [-0.15, -0.1) is 0 Å². The number of fused-ring (bicyclic) bond motifs is 1. The number of aliphatic imine (C=N–C) groups is 1. The molecule has 4 heterocycles. The quantitative estimate of drug-likeness (QED) is 0.549. The maximum atomic E-state index is 5.15. The molecule has 3 atom stereocenters. The van der Waals surface area contributed by atoms with Crippen LogP contribution in [0.2, 0.25) is 0 Å². The Morgan fingerprint density at radius 1 is 1.00 bits per heavy atom. The molecule has 0 aliphatic carbocycles. The third-order valence-corrected chi connectivity index (χ3v) is 7.44. The number of hydrogen-bond donors (Lipinski definition) is 0. The first-order valence-electron chi connectivity index (χ1n) is 10.6. The summed E-state index contributed by atoms with van der Waals surface area (Å²) in [4.78, 5) is 12.3. The first kappa shape index (κ1) is 19.4. The summed E-state index contributed by atoms with van der Waals surface area (Å²) in [6.45, 7) is 12.2. The molecule has 1 saturated heterocycles. The molecule has 0 bridgehead atoms.